The molecule has 5 nitrogen and oxygen atoms in total. The number of likely N-dealkylation sites (tertiary alicyclic amines) is 1. The summed E-state index contributed by atoms with van der Waals surface area (Å²) in [5.41, 5.74) is 1.47. The van der Waals surface area contributed by atoms with Gasteiger partial charge in [0.25, 0.3) is 0 Å². The largest absolute Gasteiger partial charge is 0.494 e. The van der Waals surface area contributed by atoms with Crippen molar-refractivity contribution in [1.29, 1.82) is 0 Å². The number of hydrogen-bond donors (Lipinski definition) is 1. The van der Waals surface area contributed by atoms with Gasteiger partial charge in [-0.25, -0.2) is 4.39 Å². The van der Waals surface area contributed by atoms with Crippen molar-refractivity contribution in [2.24, 2.45) is 7.05 Å². The molecule has 1 aliphatic rings. The van der Waals surface area contributed by atoms with E-state index in [0.29, 0.717) is 18.5 Å². The maximum Gasteiger partial charge on any atom is 0.169 e. The van der Waals surface area contributed by atoms with E-state index in [4.69, 9.17) is 4.74 Å². The van der Waals surface area contributed by atoms with Gasteiger partial charge in [0.15, 0.2) is 11.6 Å². The Bertz CT molecular complexity index is 689. The van der Waals surface area contributed by atoms with Crippen molar-refractivity contribution >= 4 is 0 Å². The highest BCUT2D eigenvalue weighted by molar-refractivity contribution is 5.31. The molecule has 1 fully saturated rings. The molecule has 0 bridgehead atoms. The average molecular weight is 333 g/mol. The summed E-state index contributed by atoms with van der Waals surface area (Å²) in [4.78, 5) is 2.25. The van der Waals surface area contributed by atoms with Crippen LogP contribution in [0.1, 0.15) is 36.5 Å². The first-order valence-electron chi connectivity index (χ1n) is 8.30. The molecule has 6 heteroatoms. The average Bonchev–Trinajstić information content (AvgIpc) is 3.19. The fourth-order valence-corrected chi connectivity index (χ4v) is 3.43. The number of aromatic nitrogens is 2. The molecule has 1 aromatic carbocycles. The Labute approximate surface area is 141 Å². The lowest BCUT2D eigenvalue weighted by Gasteiger charge is -2.26. The molecule has 3 rings (SSSR count). The van der Waals surface area contributed by atoms with Gasteiger partial charge in [-0.3, -0.25) is 9.58 Å². The van der Waals surface area contributed by atoms with Gasteiger partial charge in [-0.15, -0.1) is 0 Å². The van der Waals surface area contributed by atoms with Crippen LogP contribution in [0.4, 0.5) is 4.39 Å². The van der Waals surface area contributed by atoms with Crippen LogP contribution in [0.2, 0.25) is 0 Å². The van der Waals surface area contributed by atoms with E-state index in [1.807, 2.05) is 19.3 Å². The third kappa shape index (κ3) is 3.60. The highest BCUT2D eigenvalue weighted by atomic mass is 19.1. The van der Waals surface area contributed by atoms with Crippen molar-refractivity contribution in [3.05, 3.63) is 47.5 Å². The number of aliphatic hydroxyl groups is 1. The molecule has 1 saturated heterocycles. The normalized spacial score (nSPS) is 19.6. The highest BCUT2D eigenvalue weighted by Gasteiger charge is 2.28. The number of ether oxygens (including phenoxy) is 1. The van der Waals surface area contributed by atoms with Gasteiger partial charge in [-0.2, -0.15) is 5.10 Å². The van der Waals surface area contributed by atoms with Crippen LogP contribution in [0.5, 0.6) is 5.75 Å². The van der Waals surface area contributed by atoms with E-state index < -0.39 is 6.10 Å². The zero-order valence-electron chi connectivity index (χ0n) is 14.2. The third-order valence-electron chi connectivity index (χ3n) is 4.74. The molecule has 0 aliphatic carbocycles. The van der Waals surface area contributed by atoms with Gasteiger partial charge in [-0.1, -0.05) is 12.1 Å². The number of benzene rings is 1. The van der Waals surface area contributed by atoms with Crippen LogP contribution in [0.3, 0.4) is 0 Å². The van der Waals surface area contributed by atoms with Crippen molar-refractivity contribution in [3.63, 3.8) is 0 Å². The van der Waals surface area contributed by atoms with Crippen molar-refractivity contribution < 1.29 is 14.2 Å². The first-order valence-corrected chi connectivity index (χ1v) is 8.30. The fraction of sp³-hybridized carbons (Fsp3) is 0.500. The molecular formula is C18H24FN3O2. The Balaban J connectivity index is 1.67. The van der Waals surface area contributed by atoms with Gasteiger partial charge in [0.05, 0.1) is 19.4 Å². The van der Waals surface area contributed by atoms with E-state index >= 15 is 0 Å². The summed E-state index contributed by atoms with van der Waals surface area (Å²) in [6.07, 6.45) is 5.72. The van der Waals surface area contributed by atoms with Gasteiger partial charge < -0.3 is 9.84 Å². The number of aryl methyl sites for hydroxylation is 1. The van der Waals surface area contributed by atoms with E-state index in [9.17, 15) is 9.50 Å². The minimum Gasteiger partial charge on any atom is -0.494 e. The molecule has 0 amide bonds. The maximum absolute atomic E-state index is 14.4. The molecule has 2 atom stereocenters. The van der Waals surface area contributed by atoms with Gasteiger partial charge in [0.1, 0.15) is 0 Å². The number of halogens is 1. The second kappa shape index (κ2) is 7.32. The second-order valence-corrected chi connectivity index (χ2v) is 6.40. The number of hydrogen-bond acceptors (Lipinski definition) is 4. The highest BCUT2D eigenvalue weighted by Crippen LogP contribution is 2.30. The summed E-state index contributed by atoms with van der Waals surface area (Å²) >= 11 is 0. The molecule has 2 heterocycles. The molecule has 0 spiro atoms. The molecule has 2 aromatic rings. The van der Waals surface area contributed by atoms with E-state index in [-0.39, 0.29) is 17.6 Å². The van der Waals surface area contributed by atoms with E-state index in [0.717, 1.165) is 24.9 Å². The Kier molecular flexibility index (Phi) is 5.16. The Morgan fingerprint density at radius 2 is 2.29 bits per heavy atom. The van der Waals surface area contributed by atoms with Crippen LogP contribution in [-0.2, 0) is 13.6 Å². The van der Waals surface area contributed by atoms with Crippen LogP contribution >= 0.6 is 0 Å². The first-order chi connectivity index (χ1) is 11.6. The van der Waals surface area contributed by atoms with Gasteiger partial charge >= 0.3 is 0 Å². The lowest BCUT2D eigenvalue weighted by Crippen LogP contribution is -2.30. The van der Waals surface area contributed by atoms with Gasteiger partial charge in [0, 0.05) is 37.0 Å². The van der Waals surface area contributed by atoms with Crippen molar-refractivity contribution in [3.8, 4) is 5.75 Å². The Morgan fingerprint density at radius 1 is 1.46 bits per heavy atom. The van der Waals surface area contributed by atoms with Gasteiger partial charge in [-0.05, 0) is 31.9 Å². The molecular weight excluding hydrogens is 309 g/mol. The Morgan fingerprint density at radius 3 is 3.00 bits per heavy atom. The quantitative estimate of drug-likeness (QED) is 0.883. The number of nitrogens with zero attached hydrogens (tertiary/aromatic N) is 3. The summed E-state index contributed by atoms with van der Waals surface area (Å²) in [6.45, 7) is 1.45. The van der Waals surface area contributed by atoms with Crippen LogP contribution in [-0.4, -0.2) is 39.5 Å². The van der Waals surface area contributed by atoms with Crippen LogP contribution in [0, 0.1) is 5.82 Å². The predicted molar refractivity (Wildman–Crippen MR) is 89.2 cm³/mol. The monoisotopic (exact) mass is 333 g/mol. The molecule has 0 radical (unpaired) electrons. The third-order valence-corrected chi connectivity index (χ3v) is 4.74. The Hall–Kier alpha value is -1.92. The van der Waals surface area contributed by atoms with Crippen LogP contribution in [0.15, 0.2) is 30.6 Å². The molecule has 0 saturated carbocycles. The fourth-order valence-electron chi connectivity index (χ4n) is 3.43. The summed E-state index contributed by atoms with van der Waals surface area (Å²) in [7, 11) is 3.31. The summed E-state index contributed by atoms with van der Waals surface area (Å²) in [6, 6.07) is 5.48. The zero-order valence-corrected chi connectivity index (χ0v) is 14.2. The molecule has 0 unspecified atom stereocenters. The molecule has 130 valence electrons. The van der Waals surface area contributed by atoms with Gasteiger partial charge in [0.2, 0.25) is 0 Å². The van der Waals surface area contributed by atoms with E-state index in [1.54, 1.807) is 23.0 Å². The second-order valence-electron chi connectivity index (χ2n) is 6.40. The molecule has 24 heavy (non-hydrogen) atoms. The predicted octanol–water partition coefficient (Wildman–Crippen LogP) is 2.66. The van der Waals surface area contributed by atoms with Crippen LogP contribution in [0.25, 0.3) is 0 Å². The lowest BCUT2D eigenvalue weighted by molar-refractivity contribution is 0.117. The molecule has 1 aromatic heterocycles. The molecule has 1 N–H and O–H groups in total. The standard InChI is InChI=1S/C18H24FN3O2/c1-21-11-14(10-20-21)16(23)9-15-6-4-8-22(15)12-13-5-3-7-17(24-2)18(13)19/h3,5,7,10-11,15-16,23H,4,6,8-9,12H2,1-2H3/t15-,16-/m0/s1. The number of aliphatic hydroxyl groups excluding tert-OH is 1. The maximum atomic E-state index is 14.4. The lowest BCUT2D eigenvalue weighted by atomic mass is 10.0. The number of rotatable bonds is 6. The smallest absolute Gasteiger partial charge is 0.169 e. The topological polar surface area (TPSA) is 50.5 Å². The van der Waals surface area contributed by atoms with E-state index in [2.05, 4.69) is 10.00 Å². The molecule has 1 aliphatic heterocycles. The van der Waals surface area contributed by atoms with Crippen molar-refractivity contribution in [2.75, 3.05) is 13.7 Å². The summed E-state index contributed by atoms with van der Waals surface area (Å²) < 4.78 is 21.1. The van der Waals surface area contributed by atoms with Crippen LogP contribution < -0.4 is 4.74 Å². The number of methoxy groups -OCH3 is 1. The summed E-state index contributed by atoms with van der Waals surface area (Å²) in [5.74, 6) is -0.0166. The van der Waals surface area contributed by atoms with E-state index in [1.165, 1.54) is 7.11 Å². The minimum atomic E-state index is -0.542. The van der Waals surface area contributed by atoms with Crippen molar-refractivity contribution in [1.82, 2.24) is 14.7 Å². The zero-order chi connectivity index (χ0) is 17.1. The SMILES string of the molecule is COc1cccc(CN2CCC[C@H]2C[C@H](O)c2cnn(C)c2)c1F. The first kappa shape index (κ1) is 16.9. The minimum absolute atomic E-state index is 0.241. The van der Waals surface area contributed by atoms with Crippen molar-refractivity contribution in [2.45, 2.75) is 38.0 Å². The summed E-state index contributed by atoms with van der Waals surface area (Å²) in [5, 5.41) is 14.6.